The SMILES string of the molecule is CC1(C)c2cc3c4ccccc4c4ccccc4c3cc2-c2cc3c(cc21)c1ccc(N(c2ccccc2)c2cc(-c4ccccc4)ccc2-c2ccccc2)cc1n3-c1cc(-c2cccc(-c3ccccc3)c2)nc(-c2ccccc2)n1. The summed E-state index contributed by atoms with van der Waals surface area (Å²) in [6.45, 7) is 4.82. The molecule has 4 heteroatoms. The molecule has 0 aliphatic heterocycles. The van der Waals surface area contributed by atoms with Gasteiger partial charge in [0.1, 0.15) is 5.82 Å². The van der Waals surface area contributed by atoms with Gasteiger partial charge in [0, 0.05) is 50.3 Å². The summed E-state index contributed by atoms with van der Waals surface area (Å²) in [6, 6.07) is 106. The van der Waals surface area contributed by atoms with Crippen molar-refractivity contribution < 1.29 is 0 Å². The molecule has 16 rings (SSSR count). The zero-order valence-corrected chi connectivity index (χ0v) is 46.0. The van der Waals surface area contributed by atoms with Gasteiger partial charge >= 0.3 is 0 Å². The highest BCUT2D eigenvalue weighted by atomic mass is 15.2. The summed E-state index contributed by atoms with van der Waals surface area (Å²) >= 11 is 0. The molecule has 0 spiro atoms. The van der Waals surface area contributed by atoms with Crippen molar-refractivity contribution in [1.82, 2.24) is 14.5 Å². The maximum Gasteiger partial charge on any atom is 0.162 e. The number of hydrogen-bond donors (Lipinski definition) is 0. The van der Waals surface area contributed by atoms with Crippen LogP contribution in [0.25, 0.3) is 127 Å². The van der Waals surface area contributed by atoms with Crippen LogP contribution in [-0.2, 0) is 5.41 Å². The molecule has 13 aromatic carbocycles. The van der Waals surface area contributed by atoms with Gasteiger partial charge in [-0.3, -0.25) is 4.57 Å². The molecule has 0 fully saturated rings. The van der Waals surface area contributed by atoms with Crippen LogP contribution in [0.1, 0.15) is 25.0 Å². The molecule has 2 heterocycles. The van der Waals surface area contributed by atoms with Crippen molar-refractivity contribution in [2.24, 2.45) is 0 Å². The van der Waals surface area contributed by atoms with E-state index in [-0.39, 0.29) is 5.41 Å². The quantitative estimate of drug-likeness (QED) is 0.135. The summed E-state index contributed by atoms with van der Waals surface area (Å²) in [6.07, 6.45) is 0. The van der Waals surface area contributed by atoms with E-state index in [1.807, 2.05) is 0 Å². The van der Waals surface area contributed by atoms with Crippen molar-refractivity contribution in [1.29, 1.82) is 0 Å². The molecular weight excluding hydrogens is 1000 g/mol. The molecule has 4 nitrogen and oxygen atoms in total. The molecule has 0 atom stereocenters. The first-order valence-corrected chi connectivity index (χ1v) is 28.6. The van der Waals surface area contributed by atoms with Crippen LogP contribution in [0.5, 0.6) is 0 Å². The first-order valence-electron chi connectivity index (χ1n) is 28.6. The predicted octanol–water partition coefficient (Wildman–Crippen LogP) is 21.1. The molecular formula is C79H54N4. The van der Waals surface area contributed by atoms with Gasteiger partial charge in [-0.1, -0.05) is 238 Å². The minimum atomic E-state index is -0.303. The molecule has 390 valence electrons. The van der Waals surface area contributed by atoms with Gasteiger partial charge in [-0.25, -0.2) is 9.97 Å². The second-order valence-electron chi connectivity index (χ2n) is 22.5. The molecule has 0 unspecified atom stereocenters. The van der Waals surface area contributed by atoms with Gasteiger partial charge in [-0.05, 0) is 143 Å². The normalized spacial score (nSPS) is 12.6. The standard InChI is InChI=1S/C79H54N4/c1-79(2)71-47-67-64-38-21-19-36-62(64)61-35-18-20-37-63(61)66(67)46-68(71)69-49-76-70(48-72(69)79)65-42-40-59(82(58-33-16-7-17-34-58)74-44-56(52-25-10-4-11-26-52)39-41-60(74)53-27-12-5-13-28-53)45-75(65)83(76)77-50-73(80-78(81-77)54-29-14-6-15-30-54)57-32-22-31-55(43-57)51-23-8-3-9-24-51/h3-50H,1-2H3. The van der Waals surface area contributed by atoms with Crippen LogP contribution in [0.4, 0.5) is 17.1 Å². The number of rotatable bonds is 9. The summed E-state index contributed by atoms with van der Waals surface area (Å²) in [5.74, 6) is 1.44. The average Bonchev–Trinajstić information content (AvgIpc) is 1.79. The third-order valence-electron chi connectivity index (χ3n) is 17.4. The summed E-state index contributed by atoms with van der Waals surface area (Å²) in [5, 5.41) is 9.97. The Labute approximate surface area is 482 Å². The van der Waals surface area contributed by atoms with Crippen LogP contribution in [-0.4, -0.2) is 14.5 Å². The highest BCUT2D eigenvalue weighted by Crippen LogP contribution is 2.54. The first kappa shape index (κ1) is 48.2. The molecule has 1 aliphatic rings. The first-order chi connectivity index (χ1) is 40.9. The maximum atomic E-state index is 5.65. The van der Waals surface area contributed by atoms with Gasteiger partial charge in [-0.15, -0.1) is 0 Å². The molecule has 0 saturated heterocycles. The zero-order chi connectivity index (χ0) is 55.2. The lowest BCUT2D eigenvalue weighted by Crippen LogP contribution is -2.15. The van der Waals surface area contributed by atoms with E-state index in [4.69, 9.17) is 9.97 Å². The fourth-order valence-electron chi connectivity index (χ4n) is 13.3. The number of para-hydroxylation sites is 1. The van der Waals surface area contributed by atoms with Crippen molar-refractivity contribution >= 4 is 71.2 Å². The van der Waals surface area contributed by atoms with Gasteiger partial charge in [0.2, 0.25) is 0 Å². The van der Waals surface area contributed by atoms with Crippen molar-refractivity contribution in [2.45, 2.75) is 19.3 Å². The average molecular weight is 1060 g/mol. The molecule has 0 bridgehead atoms. The van der Waals surface area contributed by atoms with Crippen LogP contribution in [0, 0.1) is 0 Å². The Balaban J connectivity index is 0.995. The smallest absolute Gasteiger partial charge is 0.162 e. The van der Waals surface area contributed by atoms with E-state index in [0.29, 0.717) is 5.82 Å². The molecule has 0 N–H and O–H groups in total. The van der Waals surface area contributed by atoms with E-state index in [0.717, 1.165) is 89.5 Å². The van der Waals surface area contributed by atoms with Crippen LogP contribution >= 0.6 is 0 Å². The lowest BCUT2D eigenvalue weighted by molar-refractivity contribution is 0.662. The molecule has 1 aliphatic carbocycles. The molecule has 2 aromatic heterocycles. The lowest BCUT2D eigenvalue weighted by Gasteiger charge is -2.29. The minimum Gasteiger partial charge on any atom is -0.310 e. The van der Waals surface area contributed by atoms with Gasteiger partial charge in [0.15, 0.2) is 5.82 Å². The lowest BCUT2D eigenvalue weighted by atomic mass is 9.81. The number of nitrogens with zero attached hydrogens (tertiary/aromatic N) is 4. The van der Waals surface area contributed by atoms with Crippen molar-refractivity contribution in [3.63, 3.8) is 0 Å². The van der Waals surface area contributed by atoms with Crippen LogP contribution in [0.2, 0.25) is 0 Å². The molecule has 0 amide bonds. The third kappa shape index (κ3) is 7.97. The molecule has 0 saturated carbocycles. The monoisotopic (exact) mass is 1060 g/mol. The van der Waals surface area contributed by atoms with E-state index < -0.39 is 0 Å². The van der Waals surface area contributed by atoms with Crippen molar-refractivity contribution in [3.8, 4) is 73.0 Å². The molecule has 15 aromatic rings. The highest BCUT2D eigenvalue weighted by Gasteiger charge is 2.37. The van der Waals surface area contributed by atoms with E-state index in [9.17, 15) is 0 Å². The third-order valence-corrected chi connectivity index (χ3v) is 17.4. The zero-order valence-electron chi connectivity index (χ0n) is 46.0. The number of hydrogen-bond acceptors (Lipinski definition) is 3. The van der Waals surface area contributed by atoms with E-state index >= 15 is 0 Å². The van der Waals surface area contributed by atoms with E-state index in [2.05, 4.69) is 315 Å². The van der Waals surface area contributed by atoms with Crippen LogP contribution < -0.4 is 4.90 Å². The molecule has 83 heavy (non-hydrogen) atoms. The minimum absolute atomic E-state index is 0.303. The Bertz CT molecular complexity index is 5030. The van der Waals surface area contributed by atoms with Crippen molar-refractivity contribution in [3.05, 3.63) is 302 Å². The van der Waals surface area contributed by atoms with Crippen LogP contribution in [0.3, 0.4) is 0 Å². The number of aromatic nitrogens is 3. The van der Waals surface area contributed by atoms with Gasteiger partial charge in [0.25, 0.3) is 0 Å². The van der Waals surface area contributed by atoms with Crippen LogP contribution in [0.15, 0.2) is 291 Å². The topological polar surface area (TPSA) is 34.0 Å². The second-order valence-corrected chi connectivity index (χ2v) is 22.5. The Kier molecular flexibility index (Phi) is 11.2. The van der Waals surface area contributed by atoms with Gasteiger partial charge < -0.3 is 4.90 Å². The molecule has 0 radical (unpaired) electrons. The number of fused-ring (bicyclic) bond motifs is 12. The summed E-state index contributed by atoms with van der Waals surface area (Å²) in [7, 11) is 0. The van der Waals surface area contributed by atoms with Gasteiger partial charge in [0.05, 0.1) is 22.4 Å². The fourth-order valence-corrected chi connectivity index (χ4v) is 13.3. The van der Waals surface area contributed by atoms with E-state index in [1.54, 1.807) is 0 Å². The van der Waals surface area contributed by atoms with Gasteiger partial charge in [-0.2, -0.15) is 0 Å². The fraction of sp³-hybridized carbons (Fsp3) is 0.0380. The summed E-state index contributed by atoms with van der Waals surface area (Å²) in [5.41, 5.74) is 19.8. The maximum absolute atomic E-state index is 5.65. The number of anilines is 3. The largest absolute Gasteiger partial charge is 0.310 e. The predicted molar refractivity (Wildman–Crippen MR) is 348 cm³/mol. The second kappa shape index (κ2) is 19.3. The highest BCUT2D eigenvalue weighted by molar-refractivity contribution is 6.26. The summed E-state index contributed by atoms with van der Waals surface area (Å²) < 4.78 is 2.42. The van der Waals surface area contributed by atoms with Crippen molar-refractivity contribution in [2.75, 3.05) is 4.90 Å². The Morgan fingerprint density at radius 2 is 0.795 bits per heavy atom. The Morgan fingerprint density at radius 3 is 1.43 bits per heavy atom. The Hall–Kier alpha value is -10.7. The van der Waals surface area contributed by atoms with E-state index in [1.165, 1.54) is 60.0 Å². The Morgan fingerprint density at radius 1 is 0.301 bits per heavy atom. The summed E-state index contributed by atoms with van der Waals surface area (Å²) in [4.78, 5) is 13.5. The number of benzene rings is 13.